The Kier molecular flexibility index (Phi) is 5.04. The standard InChI is InChI=1S/C16H15ClN2O2/c1-21-14-4-2-3-11(7-14)16(20)10-19-13-6-5-12(9-18)15(17)8-13/h2-8,16,19-20H,10H2,1H3. The number of halogens is 1. The maximum Gasteiger partial charge on any atom is 0.119 e. The largest absolute Gasteiger partial charge is 0.497 e. The van der Waals surface area contributed by atoms with Crippen molar-refractivity contribution in [3.63, 3.8) is 0 Å². The Morgan fingerprint density at radius 3 is 2.81 bits per heavy atom. The van der Waals surface area contributed by atoms with Crippen molar-refractivity contribution < 1.29 is 9.84 Å². The summed E-state index contributed by atoms with van der Waals surface area (Å²) in [5.41, 5.74) is 1.94. The lowest BCUT2D eigenvalue weighted by Crippen LogP contribution is -2.12. The number of nitriles is 1. The van der Waals surface area contributed by atoms with Gasteiger partial charge in [-0.15, -0.1) is 0 Å². The molecular formula is C16H15ClN2O2. The summed E-state index contributed by atoms with van der Waals surface area (Å²) in [6, 6.07) is 14.3. The van der Waals surface area contributed by atoms with Gasteiger partial charge in [0.05, 0.1) is 23.8 Å². The highest BCUT2D eigenvalue weighted by atomic mass is 35.5. The van der Waals surface area contributed by atoms with E-state index in [1.807, 2.05) is 24.3 Å². The molecule has 2 N–H and O–H groups in total. The quantitative estimate of drug-likeness (QED) is 0.889. The molecule has 2 rings (SSSR count). The molecule has 0 aromatic heterocycles. The zero-order chi connectivity index (χ0) is 15.2. The number of nitrogens with one attached hydrogen (secondary N) is 1. The second kappa shape index (κ2) is 6.98. The smallest absolute Gasteiger partial charge is 0.119 e. The monoisotopic (exact) mass is 302 g/mol. The molecule has 0 amide bonds. The highest BCUT2D eigenvalue weighted by Gasteiger charge is 2.09. The number of anilines is 1. The lowest BCUT2D eigenvalue weighted by Gasteiger charge is -2.14. The third kappa shape index (κ3) is 3.88. The SMILES string of the molecule is COc1cccc(C(O)CNc2ccc(C#N)c(Cl)c2)c1. The van der Waals surface area contributed by atoms with Crippen molar-refractivity contribution in [2.45, 2.75) is 6.10 Å². The van der Waals surface area contributed by atoms with Gasteiger partial charge >= 0.3 is 0 Å². The van der Waals surface area contributed by atoms with Crippen molar-refractivity contribution in [3.05, 3.63) is 58.6 Å². The van der Waals surface area contributed by atoms with Crippen LogP contribution in [0.1, 0.15) is 17.2 Å². The van der Waals surface area contributed by atoms with Crippen LogP contribution in [-0.2, 0) is 0 Å². The van der Waals surface area contributed by atoms with Gasteiger partial charge in [-0.05, 0) is 35.9 Å². The van der Waals surface area contributed by atoms with Crippen molar-refractivity contribution in [1.82, 2.24) is 0 Å². The van der Waals surface area contributed by atoms with Crippen molar-refractivity contribution in [3.8, 4) is 11.8 Å². The third-order valence-corrected chi connectivity index (χ3v) is 3.38. The van der Waals surface area contributed by atoms with E-state index in [1.54, 1.807) is 31.4 Å². The molecule has 0 aliphatic heterocycles. The van der Waals surface area contributed by atoms with Crippen LogP contribution in [0.4, 0.5) is 5.69 Å². The Morgan fingerprint density at radius 1 is 1.33 bits per heavy atom. The second-order valence-electron chi connectivity index (χ2n) is 4.48. The van der Waals surface area contributed by atoms with Gasteiger partial charge in [0.1, 0.15) is 11.8 Å². The predicted octanol–water partition coefficient (Wildman–Crippen LogP) is 3.37. The molecule has 0 heterocycles. The molecule has 0 saturated heterocycles. The van der Waals surface area contributed by atoms with Crippen LogP contribution in [0.15, 0.2) is 42.5 Å². The maximum atomic E-state index is 10.2. The van der Waals surface area contributed by atoms with E-state index >= 15 is 0 Å². The first-order chi connectivity index (χ1) is 10.1. The molecule has 0 bridgehead atoms. The fourth-order valence-corrected chi connectivity index (χ4v) is 2.12. The van der Waals surface area contributed by atoms with Gasteiger partial charge in [0, 0.05) is 12.2 Å². The molecular weight excluding hydrogens is 288 g/mol. The fourth-order valence-electron chi connectivity index (χ4n) is 1.90. The van der Waals surface area contributed by atoms with E-state index in [1.165, 1.54) is 0 Å². The molecule has 2 aromatic carbocycles. The fraction of sp³-hybridized carbons (Fsp3) is 0.188. The summed E-state index contributed by atoms with van der Waals surface area (Å²) >= 11 is 5.96. The molecule has 0 fully saturated rings. The van der Waals surface area contributed by atoms with E-state index in [-0.39, 0.29) is 0 Å². The zero-order valence-corrected chi connectivity index (χ0v) is 12.3. The van der Waals surface area contributed by atoms with Crippen LogP contribution in [0.25, 0.3) is 0 Å². The van der Waals surface area contributed by atoms with Crippen molar-refractivity contribution >= 4 is 17.3 Å². The Labute approximate surface area is 128 Å². The van der Waals surface area contributed by atoms with Gasteiger partial charge in [-0.2, -0.15) is 5.26 Å². The summed E-state index contributed by atoms with van der Waals surface area (Å²) in [6.07, 6.45) is -0.672. The molecule has 1 unspecified atom stereocenters. The van der Waals surface area contributed by atoms with E-state index in [9.17, 15) is 5.11 Å². The Balaban J connectivity index is 2.02. The first kappa shape index (κ1) is 15.2. The molecule has 108 valence electrons. The van der Waals surface area contributed by atoms with E-state index < -0.39 is 6.10 Å². The zero-order valence-electron chi connectivity index (χ0n) is 11.5. The molecule has 21 heavy (non-hydrogen) atoms. The van der Waals surface area contributed by atoms with E-state index in [4.69, 9.17) is 21.6 Å². The first-order valence-corrected chi connectivity index (χ1v) is 6.77. The van der Waals surface area contributed by atoms with Gasteiger partial charge < -0.3 is 15.2 Å². The van der Waals surface area contributed by atoms with Gasteiger partial charge in [-0.1, -0.05) is 23.7 Å². The molecule has 1 atom stereocenters. The van der Waals surface area contributed by atoms with Crippen LogP contribution in [0.2, 0.25) is 5.02 Å². The molecule has 0 aliphatic carbocycles. The Morgan fingerprint density at radius 2 is 2.14 bits per heavy atom. The second-order valence-corrected chi connectivity index (χ2v) is 4.89. The minimum Gasteiger partial charge on any atom is -0.497 e. The normalized spacial score (nSPS) is 11.5. The van der Waals surface area contributed by atoms with Gasteiger partial charge in [0.25, 0.3) is 0 Å². The van der Waals surface area contributed by atoms with E-state index in [0.29, 0.717) is 22.9 Å². The summed E-state index contributed by atoms with van der Waals surface area (Å²) in [7, 11) is 1.59. The van der Waals surface area contributed by atoms with Crippen molar-refractivity contribution in [2.24, 2.45) is 0 Å². The highest BCUT2D eigenvalue weighted by Crippen LogP contribution is 2.22. The average Bonchev–Trinajstić information content (AvgIpc) is 2.52. The van der Waals surface area contributed by atoms with Gasteiger partial charge in [-0.25, -0.2) is 0 Å². The number of hydrogen-bond donors (Lipinski definition) is 2. The number of ether oxygens (including phenoxy) is 1. The summed E-state index contributed by atoms with van der Waals surface area (Å²) in [5, 5.41) is 22.5. The number of benzene rings is 2. The topological polar surface area (TPSA) is 65.3 Å². The van der Waals surface area contributed by atoms with Crippen LogP contribution in [-0.4, -0.2) is 18.8 Å². The van der Waals surface area contributed by atoms with Gasteiger partial charge in [0.15, 0.2) is 0 Å². The lowest BCUT2D eigenvalue weighted by atomic mass is 10.1. The number of methoxy groups -OCH3 is 1. The number of rotatable bonds is 5. The van der Waals surface area contributed by atoms with Crippen LogP contribution in [0.5, 0.6) is 5.75 Å². The minimum absolute atomic E-state index is 0.329. The van der Waals surface area contributed by atoms with Crippen molar-refractivity contribution in [2.75, 3.05) is 19.0 Å². The summed E-state index contributed by atoms with van der Waals surface area (Å²) < 4.78 is 5.13. The summed E-state index contributed by atoms with van der Waals surface area (Å²) in [6.45, 7) is 0.329. The maximum absolute atomic E-state index is 10.2. The van der Waals surface area contributed by atoms with E-state index in [0.717, 1.165) is 11.3 Å². The average molecular weight is 303 g/mol. The minimum atomic E-state index is -0.672. The number of nitrogens with zero attached hydrogens (tertiary/aromatic N) is 1. The van der Waals surface area contributed by atoms with Gasteiger partial charge in [-0.3, -0.25) is 0 Å². The lowest BCUT2D eigenvalue weighted by molar-refractivity contribution is 0.191. The predicted molar refractivity (Wildman–Crippen MR) is 82.6 cm³/mol. The molecule has 0 saturated carbocycles. The number of aliphatic hydroxyl groups excluding tert-OH is 1. The van der Waals surface area contributed by atoms with E-state index in [2.05, 4.69) is 5.32 Å². The Bertz CT molecular complexity index is 668. The van der Waals surface area contributed by atoms with Crippen LogP contribution in [0, 0.1) is 11.3 Å². The first-order valence-electron chi connectivity index (χ1n) is 6.39. The van der Waals surface area contributed by atoms with Crippen LogP contribution in [0.3, 0.4) is 0 Å². The Hall–Kier alpha value is -2.22. The number of hydrogen-bond acceptors (Lipinski definition) is 4. The number of aliphatic hydroxyl groups is 1. The molecule has 5 heteroatoms. The highest BCUT2D eigenvalue weighted by molar-refractivity contribution is 6.32. The molecule has 0 aliphatic rings. The molecule has 4 nitrogen and oxygen atoms in total. The van der Waals surface area contributed by atoms with Crippen LogP contribution >= 0.6 is 11.6 Å². The van der Waals surface area contributed by atoms with Gasteiger partial charge in [0.2, 0.25) is 0 Å². The molecule has 2 aromatic rings. The van der Waals surface area contributed by atoms with Crippen molar-refractivity contribution in [1.29, 1.82) is 5.26 Å². The summed E-state index contributed by atoms with van der Waals surface area (Å²) in [4.78, 5) is 0. The third-order valence-electron chi connectivity index (χ3n) is 3.07. The van der Waals surface area contributed by atoms with Crippen LogP contribution < -0.4 is 10.1 Å². The molecule has 0 radical (unpaired) electrons. The summed E-state index contributed by atoms with van der Waals surface area (Å²) in [5.74, 6) is 0.702. The molecule has 0 spiro atoms.